The van der Waals surface area contributed by atoms with Gasteiger partial charge >= 0.3 is 5.97 Å². The molecule has 0 radical (unpaired) electrons. The number of nitrogens with one attached hydrogen (secondary N) is 1. The van der Waals surface area contributed by atoms with Crippen molar-refractivity contribution in [3.05, 3.63) is 40.3 Å². The van der Waals surface area contributed by atoms with E-state index < -0.39 is 5.82 Å². The second-order valence-corrected chi connectivity index (χ2v) is 7.72. The predicted molar refractivity (Wildman–Crippen MR) is 106 cm³/mol. The van der Waals surface area contributed by atoms with Gasteiger partial charge in [0.2, 0.25) is 0 Å². The fourth-order valence-corrected chi connectivity index (χ4v) is 4.16. The molecule has 156 valence electrons. The van der Waals surface area contributed by atoms with Gasteiger partial charge in [0.05, 0.1) is 23.4 Å². The quantitative estimate of drug-likeness (QED) is 0.683. The summed E-state index contributed by atoms with van der Waals surface area (Å²) in [7, 11) is 1.37. The molecule has 29 heavy (non-hydrogen) atoms. The van der Waals surface area contributed by atoms with Gasteiger partial charge in [0, 0.05) is 12.5 Å². The zero-order chi connectivity index (χ0) is 21.0. The second-order valence-electron chi connectivity index (χ2n) is 7.31. The van der Waals surface area contributed by atoms with Gasteiger partial charge in [-0.1, -0.05) is 35.7 Å². The number of benzene rings is 1. The largest absolute Gasteiger partial charge is 0.469 e. The summed E-state index contributed by atoms with van der Waals surface area (Å²) in [5, 5.41) is 7.05. The van der Waals surface area contributed by atoms with Crippen LogP contribution < -0.4 is 5.32 Å². The van der Waals surface area contributed by atoms with E-state index in [1.807, 2.05) is 0 Å². The van der Waals surface area contributed by atoms with Gasteiger partial charge in [-0.25, -0.2) is 4.39 Å². The van der Waals surface area contributed by atoms with E-state index >= 15 is 0 Å². The van der Waals surface area contributed by atoms with Crippen molar-refractivity contribution in [3.8, 4) is 11.3 Å². The Bertz CT molecular complexity index is 879. The third-order valence-electron chi connectivity index (χ3n) is 5.45. The number of nitrogens with zero attached hydrogens (tertiary/aromatic N) is 1. The first-order valence-electron chi connectivity index (χ1n) is 9.70. The first-order chi connectivity index (χ1) is 13.9. The molecular weight excluding hydrogens is 399 g/mol. The Morgan fingerprint density at radius 2 is 2.10 bits per heavy atom. The highest BCUT2D eigenvalue weighted by molar-refractivity contribution is 6.33. The molecule has 1 aliphatic rings. The Labute approximate surface area is 173 Å². The van der Waals surface area contributed by atoms with Gasteiger partial charge < -0.3 is 14.6 Å². The molecule has 1 fully saturated rings. The molecule has 1 amide bonds. The van der Waals surface area contributed by atoms with Crippen LogP contribution in [0, 0.1) is 18.7 Å². The molecule has 1 heterocycles. The molecule has 0 aliphatic heterocycles. The van der Waals surface area contributed by atoms with Crippen LogP contribution in [0.5, 0.6) is 0 Å². The van der Waals surface area contributed by atoms with Gasteiger partial charge in [0.25, 0.3) is 5.91 Å². The molecule has 0 saturated heterocycles. The zero-order valence-electron chi connectivity index (χ0n) is 16.5. The lowest BCUT2D eigenvalue weighted by Gasteiger charge is -2.32. The van der Waals surface area contributed by atoms with Crippen LogP contribution in [0.1, 0.15) is 54.6 Å². The van der Waals surface area contributed by atoms with E-state index in [4.69, 9.17) is 20.9 Å². The fourth-order valence-electron chi connectivity index (χ4n) is 3.91. The minimum atomic E-state index is -0.587. The molecule has 2 aromatic rings. The standard InChI is InChI=1S/C21H24ClFN2O4/c1-12-18(20(29-25-12)19-14(22)7-5-8-15(19)23)21(27)24-16-9-4-3-6-13(16)10-11-17(26)28-2/h5,7-8,13,16H,3-4,6,9-11H2,1-2H3,(H,24,27). The van der Waals surface area contributed by atoms with E-state index in [1.54, 1.807) is 6.92 Å². The summed E-state index contributed by atoms with van der Waals surface area (Å²) in [6.45, 7) is 1.63. The number of carbonyl (C=O) groups is 2. The monoisotopic (exact) mass is 422 g/mol. The highest BCUT2D eigenvalue weighted by atomic mass is 35.5. The summed E-state index contributed by atoms with van der Waals surface area (Å²) in [6, 6.07) is 4.19. The lowest BCUT2D eigenvalue weighted by Crippen LogP contribution is -2.42. The van der Waals surface area contributed by atoms with Gasteiger partial charge in [-0.15, -0.1) is 0 Å². The highest BCUT2D eigenvalue weighted by Gasteiger charge is 2.31. The third-order valence-corrected chi connectivity index (χ3v) is 5.77. The summed E-state index contributed by atoms with van der Waals surface area (Å²) in [6.07, 6.45) is 4.76. The Kier molecular flexibility index (Phi) is 6.90. The SMILES string of the molecule is COC(=O)CCC1CCCCC1NC(=O)c1c(C)noc1-c1c(F)cccc1Cl. The zero-order valence-corrected chi connectivity index (χ0v) is 17.2. The molecule has 1 aliphatic carbocycles. The molecular formula is C21H24ClFN2O4. The Balaban J connectivity index is 1.82. The van der Waals surface area contributed by atoms with Crippen LogP contribution in [0.4, 0.5) is 4.39 Å². The van der Waals surface area contributed by atoms with E-state index in [2.05, 4.69) is 10.5 Å². The summed E-state index contributed by atoms with van der Waals surface area (Å²) in [4.78, 5) is 24.6. The molecule has 6 nitrogen and oxygen atoms in total. The van der Waals surface area contributed by atoms with Gasteiger partial charge in [-0.3, -0.25) is 9.59 Å². The average molecular weight is 423 g/mol. The maximum absolute atomic E-state index is 14.4. The number of esters is 1. The molecule has 0 bridgehead atoms. The number of methoxy groups -OCH3 is 1. The number of hydrogen-bond acceptors (Lipinski definition) is 5. The molecule has 2 atom stereocenters. The van der Waals surface area contributed by atoms with Crippen LogP contribution in [0.25, 0.3) is 11.3 Å². The maximum Gasteiger partial charge on any atom is 0.305 e. The Morgan fingerprint density at radius 3 is 2.83 bits per heavy atom. The topological polar surface area (TPSA) is 81.4 Å². The molecule has 1 aromatic heterocycles. The van der Waals surface area contributed by atoms with Crippen LogP contribution in [-0.2, 0) is 9.53 Å². The van der Waals surface area contributed by atoms with Gasteiger partial charge in [0.15, 0.2) is 5.76 Å². The smallest absolute Gasteiger partial charge is 0.305 e. The first-order valence-corrected chi connectivity index (χ1v) is 10.1. The number of carbonyl (C=O) groups excluding carboxylic acids is 2. The van der Waals surface area contributed by atoms with Crippen molar-refractivity contribution in [2.45, 2.75) is 51.5 Å². The highest BCUT2D eigenvalue weighted by Crippen LogP contribution is 2.35. The second kappa shape index (κ2) is 9.39. The lowest BCUT2D eigenvalue weighted by atomic mass is 9.81. The number of aryl methyl sites for hydroxylation is 1. The van der Waals surface area contributed by atoms with Crippen LogP contribution >= 0.6 is 11.6 Å². The van der Waals surface area contributed by atoms with Crippen LogP contribution in [0.2, 0.25) is 5.02 Å². The molecule has 1 N–H and O–H groups in total. The van der Waals surface area contributed by atoms with Crippen molar-refractivity contribution in [1.82, 2.24) is 10.5 Å². The van der Waals surface area contributed by atoms with E-state index in [0.717, 1.165) is 25.7 Å². The van der Waals surface area contributed by atoms with Crippen LogP contribution in [-0.4, -0.2) is 30.2 Å². The van der Waals surface area contributed by atoms with E-state index in [9.17, 15) is 14.0 Å². The van der Waals surface area contributed by atoms with Crippen molar-refractivity contribution in [2.24, 2.45) is 5.92 Å². The molecule has 3 rings (SSSR count). The van der Waals surface area contributed by atoms with Gasteiger partial charge in [-0.05, 0) is 44.2 Å². The van der Waals surface area contributed by atoms with Crippen molar-refractivity contribution in [3.63, 3.8) is 0 Å². The minimum Gasteiger partial charge on any atom is -0.469 e. The maximum atomic E-state index is 14.4. The number of halogens is 2. The van der Waals surface area contributed by atoms with Crippen molar-refractivity contribution in [2.75, 3.05) is 7.11 Å². The summed E-state index contributed by atoms with van der Waals surface area (Å²) in [5.74, 6) is -1.03. The van der Waals surface area contributed by atoms with E-state index in [-0.39, 0.29) is 45.7 Å². The normalized spacial score (nSPS) is 19.0. The molecule has 8 heteroatoms. The number of hydrogen-bond donors (Lipinski definition) is 1. The number of amides is 1. The average Bonchev–Trinajstić information content (AvgIpc) is 3.08. The molecule has 1 aromatic carbocycles. The predicted octanol–water partition coefficient (Wildman–Crippen LogP) is 4.68. The number of aromatic nitrogens is 1. The van der Waals surface area contributed by atoms with Crippen LogP contribution in [0.15, 0.2) is 22.7 Å². The summed E-state index contributed by atoms with van der Waals surface area (Å²) in [5.41, 5.74) is 0.554. The fraction of sp³-hybridized carbons (Fsp3) is 0.476. The Morgan fingerprint density at radius 1 is 1.34 bits per heavy atom. The molecule has 1 saturated carbocycles. The van der Waals surface area contributed by atoms with E-state index in [0.29, 0.717) is 18.5 Å². The van der Waals surface area contributed by atoms with Crippen molar-refractivity contribution >= 4 is 23.5 Å². The number of ether oxygens (including phenoxy) is 1. The Hall–Kier alpha value is -2.41. The summed E-state index contributed by atoms with van der Waals surface area (Å²) < 4.78 is 24.4. The van der Waals surface area contributed by atoms with Gasteiger partial charge in [0.1, 0.15) is 11.4 Å². The third kappa shape index (κ3) is 4.78. The lowest BCUT2D eigenvalue weighted by molar-refractivity contribution is -0.141. The molecule has 0 spiro atoms. The van der Waals surface area contributed by atoms with Crippen molar-refractivity contribution in [1.29, 1.82) is 0 Å². The van der Waals surface area contributed by atoms with Gasteiger partial charge in [-0.2, -0.15) is 0 Å². The van der Waals surface area contributed by atoms with Crippen molar-refractivity contribution < 1.29 is 23.2 Å². The minimum absolute atomic E-state index is 0.0185. The molecule has 2 unspecified atom stereocenters. The van der Waals surface area contributed by atoms with Crippen LogP contribution in [0.3, 0.4) is 0 Å². The van der Waals surface area contributed by atoms with E-state index in [1.165, 1.54) is 25.3 Å². The summed E-state index contributed by atoms with van der Waals surface area (Å²) >= 11 is 6.15. The number of rotatable bonds is 6. The first kappa shape index (κ1) is 21.3.